The third-order valence-electron chi connectivity index (χ3n) is 3.57. The number of piperidine rings is 1. The van der Waals surface area contributed by atoms with Gasteiger partial charge >= 0.3 is 0 Å². The number of nitrogens with one attached hydrogen (secondary N) is 1. The lowest BCUT2D eigenvalue weighted by Gasteiger charge is -2.33. The van der Waals surface area contributed by atoms with Crippen LogP contribution >= 0.6 is 11.6 Å². The number of amides is 1. The zero-order valence-electron chi connectivity index (χ0n) is 11.7. The van der Waals surface area contributed by atoms with Crippen molar-refractivity contribution in [2.24, 2.45) is 5.73 Å². The van der Waals surface area contributed by atoms with Gasteiger partial charge in [-0.1, -0.05) is 18.0 Å². The number of hydrogen-bond donors (Lipinski definition) is 2. The molecule has 0 bridgehead atoms. The summed E-state index contributed by atoms with van der Waals surface area (Å²) in [7, 11) is 0. The second-order valence-corrected chi connectivity index (χ2v) is 5.45. The summed E-state index contributed by atoms with van der Waals surface area (Å²) in [6.45, 7) is 4.24. The molecule has 110 valence electrons. The van der Waals surface area contributed by atoms with Gasteiger partial charge in [-0.05, 0) is 38.4 Å². The highest BCUT2D eigenvalue weighted by Gasteiger charge is 2.27. The van der Waals surface area contributed by atoms with Gasteiger partial charge in [-0.2, -0.15) is 0 Å². The number of anilines is 1. The summed E-state index contributed by atoms with van der Waals surface area (Å²) in [5.74, 6) is 0.545. The minimum Gasteiger partial charge on any atom is -0.370 e. The van der Waals surface area contributed by atoms with Crippen molar-refractivity contribution in [2.75, 3.05) is 18.4 Å². The van der Waals surface area contributed by atoms with Crippen molar-refractivity contribution in [3.8, 4) is 0 Å². The van der Waals surface area contributed by atoms with Crippen LogP contribution in [0.25, 0.3) is 0 Å². The average Bonchev–Trinajstić information content (AvgIpc) is 2.43. The maximum atomic E-state index is 11.5. The summed E-state index contributed by atoms with van der Waals surface area (Å²) >= 11 is 6.21. The van der Waals surface area contributed by atoms with E-state index < -0.39 is 0 Å². The Morgan fingerprint density at radius 1 is 1.55 bits per heavy atom. The minimum atomic E-state index is -0.260. The van der Waals surface area contributed by atoms with Gasteiger partial charge in [-0.25, -0.2) is 4.98 Å². The number of halogens is 1. The summed E-state index contributed by atoms with van der Waals surface area (Å²) in [5, 5.41) is 3.79. The van der Waals surface area contributed by atoms with Crippen molar-refractivity contribution < 1.29 is 4.79 Å². The summed E-state index contributed by atoms with van der Waals surface area (Å²) in [4.78, 5) is 18.1. The van der Waals surface area contributed by atoms with E-state index in [4.69, 9.17) is 17.3 Å². The standard InChI is InChI=1S/C14H21ClN4O/c1-2-17-13-7-6-10(15)11(18-13)9-19-8-4-3-5-12(19)14(16)20/h6-7,12H,2-5,8-9H2,1H3,(H2,16,20)(H,17,18). The fourth-order valence-corrected chi connectivity index (χ4v) is 2.73. The lowest BCUT2D eigenvalue weighted by molar-refractivity contribution is -0.124. The first-order valence-corrected chi connectivity index (χ1v) is 7.42. The highest BCUT2D eigenvalue weighted by molar-refractivity contribution is 6.31. The van der Waals surface area contributed by atoms with Crippen LogP contribution in [0.2, 0.25) is 5.02 Å². The molecule has 1 unspecified atom stereocenters. The molecule has 1 aliphatic rings. The Morgan fingerprint density at radius 2 is 2.35 bits per heavy atom. The van der Waals surface area contributed by atoms with E-state index in [0.717, 1.165) is 43.9 Å². The van der Waals surface area contributed by atoms with Gasteiger partial charge in [0.25, 0.3) is 0 Å². The molecule has 5 nitrogen and oxygen atoms in total. The smallest absolute Gasteiger partial charge is 0.234 e. The van der Waals surface area contributed by atoms with Crippen molar-refractivity contribution in [1.29, 1.82) is 0 Å². The van der Waals surface area contributed by atoms with Crippen LogP contribution in [0.1, 0.15) is 31.9 Å². The zero-order valence-corrected chi connectivity index (χ0v) is 12.5. The third kappa shape index (κ3) is 3.61. The fourth-order valence-electron chi connectivity index (χ4n) is 2.57. The fraction of sp³-hybridized carbons (Fsp3) is 0.571. The molecular formula is C14H21ClN4O. The number of pyridine rings is 1. The molecule has 0 saturated carbocycles. The molecule has 1 aliphatic heterocycles. The van der Waals surface area contributed by atoms with Crippen molar-refractivity contribution in [2.45, 2.75) is 38.8 Å². The SMILES string of the molecule is CCNc1ccc(Cl)c(CN2CCCCC2C(N)=O)n1. The lowest BCUT2D eigenvalue weighted by atomic mass is 10.0. The zero-order chi connectivity index (χ0) is 14.5. The Balaban J connectivity index is 2.14. The van der Waals surface area contributed by atoms with E-state index >= 15 is 0 Å². The van der Waals surface area contributed by atoms with Gasteiger partial charge in [-0.3, -0.25) is 9.69 Å². The molecule has 20 heavy (non-hydrogen) atoms. The van der Waals surface area contributed by atoms with Crippen LogP contribution in [0.15, 0.2) is 12.1 Å². The first-order valence-electron chi connectivity index (χ1n) is 7.04. The van der Waals surface area contributed by atoms with Gasteiger partial charge in [0.2, 0.25) is 5.91 Å². The summed E-state index contributed by atoms with van der Waals surface area (Å²) < 4.78 is 0. The Hall–Kier alpha value is -1.33. The maximum Gasteiger partial charge on any atom is 0.234 e. The van der Waals surface area contributed by atoms with Crippen LogP contribution in [0.5, 0.6) is 0 Å². The molecule has 6 heteroatoms. The van der Waals surface area contributed by atoms with Crippen LogP contribution in [-0.2, 0) is 11.3 Å². The molecule has 0 aromatic carbocycles. The predicted molar refractivity (Wildman–Crippen MR) is 80.7 cm³/mol. The van der Waals surface area contributed by atoms with Crippen molar-refractivity contribution >= 4 is 23.3 Å². The van der Waals surface area contributed by atoms with E-state index in [0.29, 0.717) is 11.6 Å². The number of nitrogens with zero attached hydrogens (tertiary/aromatic N) is 2. The predicted octanol–water partition coefficient (Wildman–Crippen LogP) is 2.01. The lowest BCUT2D eigenvalue weighted by Crippen LogP contribution is -2.47. The average molecular weight is 297 g/mol. The number of primary amides is 1. The first-order chi connectivity index (χ1) is 9.61. The van der Waals surface area contributed by atoms with E-state index in [-0.39, 0.29) is 11.9 Å². The molecule has 1 fully saturated rings. The van der Waals surface area contributed by atoms with Crippen LogP contribution in [-0.4, -0.2) is 34.9 Å². The van der Waals surface area contributed by atoms with E-state index in [2.05, 4.69) is 15.2 Å². The van der Waals surface area contributed by atoms with E-state index in [1.807, 2.05) is 19.1 Å². The molecule has 0 radical (unpaired) electrons. The monoisotopic (exact) mass is 296 g/mol. The second-order valence-electron chi connectivity index (χ2n) is 5.04. The number of rotatable bonds is 5. The highest BCUT2D eigenvalue weighted by atomic mass is 35.5. The molecule has 3 N–H and O–H groups in total. The molecule has 1 saturated heterocycles. The number of aromatic nitrogens is 1. The van der Waals surface area contributed by atoms with Crippen molar-refractivity contribution in [3.05, 3.63) is 22.8 Å². The molecule has 2 rings (SSSR count). The van der Waals surface area contributed by atoms with Crippen molar-refractivity contribution in [1.82, 2.24) is 9.88 Å². The van der Waals surface area contributed by atoms with Gasteiger partial charge in [0, 0.05) is 13.1 Å². The van der Waals surface area contributed by atoms with Gasteiger partial charge in [0.05, 0.1) is 16.8 Å². The van der Waals surface area contributed by atoms with Gasteiger partial charge < -0.3 is 11.1 Å². The molecule has 1 aromatic heterocycles. The number of carbonyl (C=O) groups excluding carboxylic acids is 1. The van der Waals surface area contributed by atoms with Crippen LogP contribution < -0.4 is 11.1 Å². The molecule has 1 atom stereocenters. The summed E-state index contributed by atoms with van der Waals surface area (Å²) in [6, 6.07) is 3.49. The van der Waals surface area contributed by atoms with Crippen LogP contribution in [0.3, 0.4) is 0 Å². The molecule has 0 spiro atoms. The molecule has 0 aliphatic carbocycles. The highest BCUT2D eigenvalue weighted by Crippen LogP contribution is 2.23. The summed E-state index contributed by atoms with van der Waals surface area (Å²) in [6.07, 6.45) is 2.94. The first kappa shape index (κ1) is 15.1. The van der Waals surface area contributed by atoms with E-state index in [9.17, 15) is 4.79 Å². The van der Waals surface area contributed by atoms with E-state index in [1.54, 1.807) is 0 Å². The topological polar surface area (TPSA) is 71.2 Å². The van der Waals surface area contributed by atoms with Crippen LogP contribution in [0, 0.1) is 0 Å². The Kier molecular flexibility index (Phi) is 5.20. The largest absolute Gasteiger partial charge is 0.370 e. The number of likely N-dealkylation sites (tertiary alicyclic amines) is 1. The quantitative estimate of drug-likeness (QED) is 0.872. The molecule has 2 heterocycles. The molecule has 1 aromatic rings. The Morgan fingerprint density at radius 3 is 3.05 bits per heavy atom. The third-order valence-corrected chi connectivity index (χ3v) is 3.92. The number of nitrogens with two attached hydrogens (primary N) is 1. The van der Waals surface area contributed by atoms with Crippen LogP contribution in [0.4, 0.5) is 5.82 Å². The van der Waals surface area contributed by atoms with Gasteiger partial charge in [-0.15, -0.1) is 0 Å². The second kappa shape index (κ2) is 6.90. The normalized spacial score (nSPS) is 19.8. The Labute approximate surface area is 124 Å². The minimum absolute atomic E-state index is 0.204. The number of carbonyl (C=O) groups is 1. The molecular weight excluding hydrogens is 276 g/mol. The van der Waals surface area contributed by atoms with Gasteiger partial charge in [0.15, 0.2) is 0 Å². The van der Waals surface area contributed by atoms with Crippen molar-refractivity contribution in [3.63, 3.8) is 0 Å². The van der Waals surface area contributed by atoms with Gasteiger partial charge in [0.1, 0.15) is 5.82 Å². The Bertz CT molecular complexity index is 480. The summed E-state index contributed by atoms with van der Waals surface area (Å²) in [5.41, 5.74) is 6.27. The van der Waals surface area contributed by atoms with E-state index in [1.165, 1.54) is 0 Å². The maximum absolute atomic E-state index is 11.5. The number of hydrogen-bond acceptors (Lipinski definition) is 4. The molecule has 1 amide bonds.